The van der Waals surface area contributed by atoms with Gasteiger partial charge in [-0.1, -0.05) is 19.8 Å². The lowest BCUT2D eigenvalue weighted by Gasteiger charge is -2.38. The van der Waals surface area contributed by atoms with Crippen molar-refractivity contribution in [1.29, 1.82) is 0 Å². The van der Waals surface area contributed by atoms with E-state index in [1.165, 1.54) is 0 Å². The van der Waals surface area contributed by atoms with Crippen molar-refractivity contribution in [3.8, 4) is 0 Å². The second kappa shape index (κ2) is 4.69. The number of rotatable bonds is 1. The van der Waals surface area contributed by atoms with E-state index in [0.29, 0.717) is 31.7 Å². The average molecular weight is 294 g/mol. The Morgan fingerprint density at radius 2 is 2.14 bits per heavy atom. The molecular formula is C14H22N4O3. The zero-order valence-corrected chi connectivity index (χ0v) is 12.3. The smallest absolute Gasteiger partial charge is 0.322 e. The number of nitrogens with one attached hydrogen (secondary N) is 2. The van der Waals surface area contributed by atoms with Crippen molar-refractivity contribution in [2.24, 2.45) is 11.7 Å². The van der Waals surface area contributed by atoms with Gasteiger partial charge in [0.05, 0.1) is 12.1 Å². The van der Waals surface area contributed by atoms with Crippen LogP contribution in [0, 0.1) is 5.92 Å². The first-order valence-corrected chi connectivity index (χ1v) is 7.57. The molecule has 0 aromatic carbocycles. The second-order valence-electron chi connectivity index (χ2n) is 6.82. The number of nitrogens with two attached hydrogens (primary N) is 1. The minimum absolute atomic E-state index is 0.0835. The lowest BCUT2D eigenvalue weighted by molar-refractivity contribution is -0.138. The van der Waals surface area contributed by atoms with Crippen molar-refractivity contribution >= 4 is 17.8 Å². The molecule has 0 aromatic heterocycles. The fourth-order valence-electron chi connectivity index (χ4n) is 3.90. The van der Waals surface area contributed by atoms with Crippen molar-refractivity contribution < 1.29 is 14.4 Å². The van der Waals surface area contributed by atoms with E-state index in [9.17, 15) is 14.4 Å². The molecule has 1 aliphatic carbocycles. The first kappa shape index (κ1) is 14.3. The molecule has 0 bridgehead atoms. The molecule has 2 aliphatic heterocycles. The summed E-state index contributed by atoms with van der Waals surface area (Å²) in [5.74, 6) is 0.0181. The van der Waals surface area contributed by atoms with E-state index in [1.54, 1.807) is 4.90 Å². The van der Waals surface area contributed by atoms with E-state index < -0.39 is 17.1 Å². The van der Waals surface area contributed by atoms with Crippen molar-refractivity contribution in [3.05, 3.63) is 0 Å². The summed E-state index contributed by atoms with van der Waals surface area (Å²) in [5, 5.41) is 4.90. The fourth-order valence-corrected chi connectivity index (χ4v) is 3.90. The Hall–Kier alpha value is -1.63. The Balaban J connectivity index is 1.73. The average Bonchev–Trinajstić information content (AvgIpc) is 2.93. The predicted octanol–water partition coefficient (Wildman–Crippen LogP) is -0.295. The molecule has 7 heteroatoms. The van der Waals surface area contributed by atoms with E-state index in [0.717, 1.165) is 12.8 Å². The van der Waals surface area contributed by atoms with Crippen LogP contribution in [0.15, 0.2) is 0 Å². The third-order valence-corrected chi connectivity index (χ3v) is 5.03. The highest BCUT2D eigenvalue weighted by Gasteiger charge is 2.53. The van der Waals surface area contributed by atoms with Gasteiger partial charge in [-0.25, -0.2) is 4.79 Å². The zero-order chi connectivity index (χ0) is 15.3. The van der Waals surface area contributed by atoms with Crippen LogP contribution in [-0.2, 0) is 9.59 Å². The minimum atomic E-state index is -0.955. The fraction of sp³-hybridized carbons (Fsp3) is 0.786. The van der Waals surface area contributed by atoms with Crippen LogP contribution in [0.25, 0.3) is 0 Å². The molecule has 3 fully saturated rings. The van der Waals surface area contributed by atoms with E-state index in [4.69, 9.17) is 5.73 Å². The van der Waals surface area contributed by atoms with E-state index in [1.807, 2.05) is 0 Å². The van der Waals surface area contributed by atoms with E-state index in [2.05, 4.69) is 17.6 Å². The number of imide groups is 1. The highest BCUT2D eigenvalue weighted by Crippen LogP contribution is 2.34. The molecule has 2 saturated heterocycles. The van der Waals surface area contributed by atoms with E-state index >= 15 is 0 Å². The topological polar surface area (TPSA) is 105 Å². The molecular weight excluding hydrogens is 272 g/mol. The van der Waals surface area contributed by atoms with Crippen LogP contribution in [0.2, 0.25) is 0 Å². The summed E-state index contributed by atoms with van der Waals surface area (Å²) in [6.07, 6.45) is 3.89. The molecule has 116 valence electrons. The second-order valence-corrected chi connectivity index (χ2v) is 6.82. The molecule has 3 rings (SSSR count). The molecule has 0 aromatic rings. The molecule has 7 nitrogen and oxygen atoms in total. The van der Waals surface area contributed by atoms with Crippen LogP contribution in [0.4, 0.5) is 4.79 Å². The lowest BCUT2D eigenvalue weighted by atomic mass is 9.76. The monoisotopic (exact) mass is 294 g/mol. The van der Waals surface area contributed by atoms with Gasteiger partial charge in [0.1, 0.15) is 5.54 Å². The van der Waals surface area contributed by atoms with Gasteiger partial charge >= 0.3 is 6.03 Å². The molecule has 3 aliphatic rings. The Labute approximate surface area is 123 Å². The number of carbonyl (C=O) groups excluding carboxylic acids is 3. The van der Waals surface area contributed by atoms with Gasteiger partial charge in [0.2, 0.25) is 5.91 Å². The Morgan fingerprint density at radius 1 is 1.38 bits per heavy atom. The number of amides is 4. The highest BCUT2D eigenvalue weighted by molar-refractivity contribution is 6.07. The van der Waals surface area contributed by atoms with Crippen LogP contribution in [0.5, 0.6) is 0 Å². The highest BCUT2D eigenvalue weighted by atomic mass is 16.2. The lowest BCUT2D eigenvalue weighted by Crippen LogP contribution is -2.58. The predicted molar refractivity (Wildman–Crippen MR) is 75.2 cm³/mol. The Morgan fingerprint density at radius 3 is 2.76 bits per heavy atom. The Bertz CT molecular complexity index is 508. The molecule has 4 N–H and O–H groups in total. The van der Waals surface area contributed by atoms with Gasteiger partial charge in [-0.2, -0.15) is 0 Å². The van der Waals surface area contributed by atoms with Crippen molar-refractivity contribution in [3.63, 3.8) is 0 Å². The zero-order valence-electron chi connectivity index (χ0n) is 12.3. The number of nitrogens with zero attached hydrogens (tertiary/aromatic N) is 1. The Kier molecular flexibility index (Phi) is 3.20. The molecule has 3 atom stereocenters. The normalized spacial score (nSPS) is 39.5. The third kappa shape index (κ3) is 2.29. The van der Waals surface area contributed by atoms with E-state index in [-0.39, 0.29) is 18.4 Å². The number of hydrogen-bond donors (Lipinski definition) is 3. The van der Waals surface area contributed by atoms with Crippen LogP contribution < -0.4 is 16.4 Å². The van der Waals surface area contributed by atoms with Crippen LogP contribution in [0.3, 0.4) is 0 Å². The number of carbonyl (C=O) groups is 3. The van der Waals surface area contributed by atoms with Crippen molar-refractivity contribution in [1.82, 2.24) is 15.5 Å². The maximum atomic E-state index is 12.8. The molecule has 21 heavy (non-hydrogen) atoms. The summed E-state index contributed by atoms with van der Waals surface area (Å²) in [7, 11) is 0. The van der Waals surface area contributed by atoms with Crippen LogP contribution in [0.1, 0.15) is 39.0 Å². The van der Waals surface area contributed by atoms with Crippen LogP contribution in [-0.4, -0.2) is 46.9 Å². The van der Waals surface area contributed by atoms with Gasteiger partial charge in [-0.05, 0) is 25.2 Å². The summed E-state index contributed by atoms with van der Waals surface area (Å²) < 4.78 is 0. The summed E-state index contributed by atoms with van der Waals surface area (Å²) in [4.78, 5) is 37.6. The van der Waals surface area contributed by atoms with Gasteiger partial charge in [0.15, 0.2) is 0 Å². The maximum absolute atomic E-state index is 12.8. The molecule has 1 saturated carbocycles. The summed E-state index contributed by atoms with van der Waals surface area (Å²) in [6, 6.07) is -0.483. The number of likely N-dealkylation sites (tertiary alicyclic amines) is 1. The quantitative estimate of drug-likeness (QED) is 0.578. The van der Waals surface area contributed by atoms with Gasteiger partial charge < -0.3 is 16.0 Å². The molecule has 1 spiro atoms. The first-order chi connectivity index (χ1) is 9.85. The van der Waals surface area contributed by atoms with Gasteiger partial charge in [0, 0.05) is 6.54 Å². The third-order valence-electron chi connectivity index (χ3n) is 5.03. The largest absolute Gasteiger partial charge is 0.338 e. The van der Waals surface area contributed by atoms with Gasteiger partial charge in [-0.3, -0.25) is 14.9 Å². The molecule has 0 radical (unpaired) electrons. The standard InChI is InChI=1S/C14H22N4O3/c1-9-3-2-4-13(15,7-9)11(20)18-6-5-14(8-18)10(19)16-12(21)17-14/h9H,2-8,15H2,1H3,(H2,16,17,19,21). The van der Waals surface area contributed by atoms with Gasteiger partial charge in [0.25, 0.3) is 5.91 Å². The van der Waals surface area contributed by atoms with Gasteiger partial charge in [-0.15, -0.1) is 0 Å². The SMILES string of the molecule is CC1CCCC(N)(C(=O)N2CCC3(C2)NC(=O)NC3=O)C1. The van der Waals surface area contributed by atoms with Crippen LogP contribution >= 0.6 is 0 Å². The molecule has 4 amide bonds. The molecule has 3 unspecified atom stereocenters. The summed E-state index contributed by atoms with van der Waals surface area (Å²) >= 11 is 0. The van der Waals surface area contributed by atoms with Crippen molar-refractivity contribution in [2.75, 3.05) is 13.1 Å². The maximum Gasteiger partial charge on any atom is 0.322 e. The number of urea groups is 1. The minimum Gasteiger partial charge on any atom is -0.338 e. The van der Waals surface area contributed by atoms with Crippen molar-refractivity contribution in [2.45, 2.75) is 50.1 Å². The number of hydrogen-bond acceptors (Lipinski definition) is 4. The summed E-state index contributed by atoms with van der Waals surface area (Å²) in [6.45, 7) is 2.79. The first-order valence-electron chi connectivity index (χ1n) is 7.57. The molecule has 2 heterocycles. The summed E-state index contributed by atoms with van der Waals surface area (Å²) in [5.41, 5.74) is 4.57.